The summed E-state index contributed by atoms with van der Waals surface area (Å²) >= 11 is 1.51. The van der Waals surface area contributed by atoms with Gasteiger partial charge in [-0.2, -0.15) is 5.10 Å². The Labute approximate surface area is 175 Å². The second-order valence-electron chi connectivity index (χ2n) is 6.85. The number of nitrogens with zero attached hydrogens (tertiary/aromatic N) is 5. The quantitative estimate of drug-likeness (QED) is 0.404. The van der Waals surface area contributed by atoms with Crippen LogP contribution in [0.1, 0.15) is 17.4 Å². The first-order chi connectivity index (χ1) is 14.7. The SMILES string of the molecule is Cc1nn2ccc(C(O)CO)cc2c1-c1nc(-c2ccccc2)c(-c2nnc[nH]2)s1. The van der Waals surface area contributed by atoms with Crippen LogP contribution < -0.4 is 0 Å². The first kappa shape index (κ1) is 18.6. The van der Waals surface area contributed by atoms with Crippen molar-refractivity contribution in [3.8, 4) is 32.5 Å². The normalized spacial score (nSPS) is 12.5. The maximum absolute atomic E-state index is 10.1. The summed E-state index contributed by atoms with van der Waals surface area (Å²) in [6.45, 7) is 1.59. The van der Waals surface area contributed by atoms with E-state index in [4.69, 9.17) is 4.98 Å². The Kier molecular flexibility index (Phi) is 4.62. The minimum Gasteiger partial charge on any atom is -0.393 e. The fourth-order valence-electron chi connectivity index (χ4n) is 3.45. The lowest BCUT2D eigenvalue weighted by Crippen LogP contribution is -2.03. The molecule has 0 bridgehead atoms. The molecule has 150 valence electrons. The van der Waals surface area contributed by atoms with E-state index in [9.17, 15) is 10.2 Å². The van der Waals surface area contributed by atoms with Crippen LogP contribution in [-0.4, -0.2) is 46.6 Å². The Bertz CT molecular complexity index is 1310. The molecule has 3 N–H and O–H groups in total. The number of aliphatic hydroxyl groups excluding tert-OH is 2. The molecule has 1 atom stereocenters. The third-order valence-electron chi connectivity index (χ3n) is 4.91. The smallest absolute Gasteiger partial charge is 0.173 e. The van der Waals surface area contributed by atoms with E-state index < -0.39 is 6.10 Å². The predicted octanol–water partition coefficient (Wildman–Crippen LogP) is 3.24. The van der Waals surface area contributed by atoms with Crippen LogP contribution in [0.25, 0.3) is 38.0 Å². The van der Waals surface area contributed by atoms with Gasteiger partial charge in [-0.15, -0.1) is 21.5 Å². The Hall–Kier alpha value is -3.40. The van der Waals surface area contributed by atoms with E-state index in [1.165, 1.54) is 11.3 Å². The summed E-state index contributed by atoms with van der Waals surface area (Å²) in [5, 5.41) is 32.9. The van der Waals surface area contributed by atoms with Crippen LogP contribution in [0.3, 0.4) is 0 Å². The van der Waals surface area contributed by atoms with Gasteiger partial charge >= 0.3 is 0 Å². The fourth-order valence-corrected chi connectivity index (χ4v) is 4.59. The standard InChI is InChI=1S/C21H18N6O2S/c1-12-17(15-9-14(16(29)10-28)7-8-27(15)26-12)21-24-18(13-5-3-2-4-6-13)19(30-21)20-22-11-23-25-20/h2-9,11,16,28-29H,10H2,1H3,(H,22,23,25). The van der Waals surface area contributed by atoms with Crippen molar-refractivity contribution in [2.45, 2.75) is 13.0 Å². The van der Waals surface area contributed by atoms with Crippen LogP contribution in [0.2, 0.25) is 0 Å². The predicted molar refractivity (Wildman–Crippen MR) is 114 cm³/mol. The highest BCUT2D eigenvalue weighted by Gasteiger charge is 2.22. The van der Waals surface area contributed by atoms with Crippen molar-refractivity contribution in [1.82, 2.24) is 29.8 Å². The van der Waals surface area contributed by atoms with Gasteiger partial charge in [-0.25, -0.2) is 9.50 Å². The molecule has 0 aliphatic carbocycles. The molecule has 0 aliphatic rings. The second kappa shape index (κ2) is 7.45. The molecule has 0 radical (unpaired) electrons. The Balaban J connectivity index is 1.73. The first-order valence-corrected chi connectivity index (χ1v) is 10.2. The lowest BCUT2D eigenvalue weighted by Gasteiger charge is -2.07. The zero-order valence-electron chi connectivity index (χ0n) is 16.0. The van der Waals surface area contributed by atoms with Gasteiger partial charge in [0.05, 0.1) is 29.1 Å². The number of aliphatic hydroxyl groups is 2. The maximum atomic E-state index is 10.1. The fraction of sp³-hybridized carbons (Fsp3) is 0.143. The summed E-state index contributed by atoms with van der Waals surface area (Å²) in [4.78, 5) is 8.91. The van der Waals surface area contributed by atoms with Crippen LogP contribution in [0.4, 0.5) is 0 Å². The molecule has 30 heavy (non-hydrogen) atoms. The highest BCUT2D eigenvalue weighted by Crippen LogP contribution is 2.41. The summed E-state index contributed by atoms with van der Waals surface area (Å²) in [5.41, 5.74) is 4.95. The molecule has 0 saturated carbocycles. The number of aromatic amines is 1. The van der Waals surface area contributed by atoms with Crippen LogP contribution in [0, 0.1) is 6.92 Å². The molecule has 0 amide bonds. The van der Waals surface area contributed by atoms with E-state index in [1.807, 2.05) is 43.3 Å². The van der Waals surface area contributed by atoms with E-state index >= 15 is 0 Å². The van der Waals surface area contributed by atoms with E-state index in [-0.39, 0.29) is 6.61 Å². The van der Waals surface area contributed by atoms with Gasteiger partial charge in [-0.1, -0.05) is 30.3 Å². The third kappa shape index (κ3) is 3.09. The number of H-pyrrole nitrogens is 1. The summed E-state index contributed by atoms with van der Waals surface area (Å²) < 4.78 is 1.76. The van der Waals surface area contributed by atoms with Gasteiger partial charge in [0.2, 0.25) is 0 Å². The highest BCUT2D eigenvalue weighted by atomic mass is 32.1. The number of aryl methyl sites for hydroxylation is 1. The van der Waals surface area contributed by atoms with E-state index in [2.05, 4.69) is 20.3 Å². The number of nitrogens with one attached hydrogen (secondary N) is 1. The van der Waals surface area contributed by atoms with Crippen molar-refractivity contribution in [2.75, 3.05) is 6.61 Å². The van der Waals surface area contributed by atoms with Gasteiger partial charge in [-0.3, -0.25) is 0 Å². The minimum absolute atomic E-state index is 0.344. The Morgan fingerprint density at radius 2 is 2.03 bits per heavy atom. The highest BCUT2D eigenvalue weighted by molar-refractivity contribution is 7.19. The van der Waals surface area contributed by atoms with Crippen molar-refractivity contribution in [3.05, 3.63) is 66.2 Å². The van der Waals surface area contributed by atoms with Crippen LogP contribution in [0.15, 0.2) is 55.0 Å². The molecule has 0 saturated heterocycles. The zero-order chi connectivity index (χ0) is 20.7. The number of rotatable bonds is 5. The Morgan fingerprint density at radius 1 is 1.20 bits per heavy atom. The third-order valence-corrected chi connectivity index (χ3v) is 5.99. The lowest BCUT2D eigenvalue weighted by atomic mass is 10.1. The number of fused-ring (bicyclic) bond motifs is 1. The number of aromatic nitrogens is 6. The zero-order valence-corrected chi connectivity index (χ0v) is 16.8. The number of pyridine rings is 1. The van der Waals surface area contributed by atoms with E-state index in [0.29, 0.717) is 11.4 Å². The van der Waals surface area contributed by atoms with Gasteiger partial charge in [0.15, 0.2) is 5.82 Å². The molecule has 4 heterocycles. The number of benzene rings is 1. The molecule has 5 rings (SSSR count). The second-order valence-corrected chi connectivity index (χ2v) is 7.85. The Morgan fingerprint density at radius 3 is 2.77 bits per heavy atom. The van der Waals surface area contributed by atoms with Crippen LogP contribution >= 0.6 is 11.3 Å². The van der Waals surface area contributed by atoms with Gasteiger partial charge in [0.1, 0.15) is 22.3 Å². The maximum Gasteiger partial charge on any atom is 0.173 e. The summed E-state index contributed by atoms with van der Waals surface area (Å²) in [5.74, 6) is 0.656. The first-order valence-electron chi connectivity index (χ1n) is 9.36. The molecule has 0 fully saturated rings. The summed E-state index contributed by atoms with van der Waals surface area (Å²) in [7, 11) is 0. The van der Waals surface area contributed by atoms with Crippen LogP contribution in [0.5, 0.6) is 0 Å². The van der Waals surface area contributed by atoms with Crippen molar-refractivity contribution < 1.29 is 10.2 Å². The van der Waals surface area contributed by atoms with Crippen molar-refractivity contribution in [2.24, 2.45) is 0 Å². The van der Waals surface area contributed by atoms with Gasteiger partial charge in [0.25, 0.3) is 0 Å². The molecule has 1 unspecified atom stereocenters. The molecule has 9 heteroatoms. The summed E-state index contributed by atoms with van der Waals surface area (Å²) in [6, 6.07) is 13.5. The molecule has 4 aromatic heterocycles. The average molecular weight is 418 g/mol. The van der Waals surface area contributed by atoms with Crippen molar-refractivity contribution >= 4 is 16.9 Å². The molecule has 0 aliphatic heterocycles. The van der Waals surface area contributed by atoms with Gasteiger partial charge in [-0.05, 0) is 24.6 Å². The van der Waals surface area contributed by atoms with Crippen molar-refractivity contribution in [3.63, 3.8) is 0 Å². The monoisotopic (exact) mass is 418 g/mol. The minimum atomic E-state index is -0.945. The van der Waals surface area contributed by atoms with Gasteiger partial charge < -0.3 is 15.2 Å². The average Bonchev–Trinajstić information content (AvgIpc) is 3.50. The van der Waals surface area contributed by atoms with E-state index in [0.717, 1.165) is 37.9 Å². The molecular weight excluding hydrogens is 400 g/mol. The van der Waals surface area contributed by atoms with Crippen molar-refractivity contribution in [1.29, 1.82) is 0 Å². The molecule has 8 nitrogen and oxygen atoms in total. The largest absolute Gasteiger partial charge is 0.393 e. The van der Waals surface area contributed by atoms with E-state index in [1.54, 1.807) is 23.1 Å². The molecule has 5 aromatic rings. The summed E-state index contributed by atoms with van der Waals surface area (Å²) in [6.07, 6.45) is 2.38. The topological polar surface area (TPSA) is 112 Å². The number of hydrogen-bond donors (Lipinski definition) is 3. The lowest BCUT2D eigenvalue weighted by molar-refractivity contribution is 0.0956. The van der Waals surface area contributed by atoms with Gasteiger partial charge in [0, 0.05) is 11.8 Å². The van der Waals surface area contributed by atoms with Crippen LogP contribution in [-0.2, 0) is 0 Å². The molecule has 1 aromatic carbocycles. The number of thiazole rings is 1. The molecular formula is C21H18N6O2S. The number of hydrogen-bond acceptors (Lipinski definition) is 7. The molecule has 0 spiro atoms.